The normalized spacial score (nSPS) is 20.6. The predicted molar refractivity (Wildman–Crippen MR) is 82.2 cm³/mol. The van der Waals surface area contributed by atoms with Gasteiger partial charge in [-0.25, -0.2) is 5.84 Å². The monoisotopic (exact) mass is 275 g/mol. The van der Waals surface area contributed by atoms with Crippen molar-refractivity contribution < 1.29 is 9.31 Å². The van der Waals surface area contributed by atoms with Crippen LogP contribution in [0, 0.1) is 0 Å². The van der Waals surface area contributed by atoms with Crippen LogP contribution >= 0.6 is 0 Å². The molecule has 0 bridgehead atoms. The van der Waals surface area contributed by atoms with Gasteiger partial charge in [0.2, 0.25) is 0 Å². The lowest BCUT2D eigenvalue weighted by atomic mass is 9.79. The van der Waals surface area contributed by atoms with Crippen LogP contribution in [-0.4, -0.2) is 18.3 Å². The molecule has 0 unspecified atom stereocenters. The summed E-state index contributed by atoms with van der Waals surface area (Å²) >= 11 is 0. The summed E-state index contributed by atoms with van der Waals surface area (Å²) in [5.41, 5.74) is 6.39. The molecule has 0 radical (unpaired) electrons. The zero-order valence-electron chi connectivity index (χ0n) is 12.5. The lowest BCUT2D eigenvalue weighted by Gasteiger charge is -2.32. The molecule has 1 saturated heterocycles. The Hall–Kier alpha value is -1.50. The highest BCUT2D eigenvalue weighted by Gasteiger charge is 2.51. The first-order valence-electron chi connectivity index (χ1n) is 6.65. The lowest BCUT2D eigenvalue weighted by molar-refractivity contribution is 0.00578. The maximum Gasteiger partial charge on any atom is 0.494 e. The highest BCUT2D eigenvalue weighted by molar-refractivity contribution is 6.62. The molecule has 0 aliphatic carbocycles. The van der Waals surface area contributed by atoms with E-state index in [4.69, 9.17) is 20.9 Å². The second kappa shape index (κ2) is 5.12. The summed E-state index contributed by atoms with van der Waals surface area (Å²) in [6.07, 6.45) is 2.98. The maximum atomic E-state index is 6.02. The van der Waals surface area contributed by atoms with Crippen LogP contribution < -0.4 is 22.0 Å². The number of hydrazine groups is 1. The van der Waals surface area contributed by atoms with E-state index in [0.717, 1.165) is 11.2 Å². The molecule has 0 saturated carbocycles. The Morgan fingerprint density at radius 1 is 1.15 bits per heavy atom. The van der Waals surface area contributed by atoms with Crippen LogP contribution in [0.3, 0.4) is 0 Å². The molecule has 1 heterocycles. The van der Waals surface area contributed by atoms with E-state index in [1.165, 1.54) is 11.2 Å². The average molecular weight is 275 g/mol. The largest absolute Gasteiger partial charge is 0.494 e. The second-order valence-electron chi connectivity index (χ2n) is 5.93. The molecule has 1 aromatic rings. The van der Waals surface area contributed by atoms with Gasteiger partial charge in [0.1, 0.15) is 0 Å². The van der Waals surface area contributed by atoms with E-state index < -0.39 is 7.12 Å². The van der Waals surface area contributed by atoms with Gasteiger partial charge in [-0.15, -0.1) is 0 Å². The molecular formula is C14H22BN3O2. The summed E-state index contributed by atoms with van der Waals surface area (Å²) < 4.78 is 12.0. The zero-order valence-corrected chi connectivity index (χ0v) is 12.5. The van der Waals surface area contributed by atoms with E-state index in [-0.39, 0.29) is 11.2 Å². The predicted octanol–water partition coefficient (Wildman–Crippen LogP) is 1.10. The van der Waals surface area contributed by atoms with Gasteiger partial charge in [0.05, 0.1) is 16.9 Å². The molecule has 108 valence electrons. The third kappa shape index (κ3) is 2.68. The molecule has 5 nitrogen and oxygen atoms in total. The molecule has 0 atom stereocenters. The van der Waals surface area contributed by atoms with Crippen molar-refractivity contribution in [1.82, 2.24) is 0 Å². The van der Waals surface area contributed by atoms with Crippen molar-refractivity contribution >= 4 is 18.3 Å². The standard InChI is InChI=1S/C14H22BN3O2/c1-13(2)14(3,4)20-15(19-13)11-6-5-7-12(10-11)18(17)9-8-16/h5-10H,16-17H2,1-4H3/b9-8-. The van der Waals surface area contributed by atoms with Gasteiger partial charge in [0.25, 0.3) is 0 Å². The number of benzene rings is 1. The van der Waals surface area contributed by atoms with E-state index in [2.05, 4.69) is 0 Å². The smallest absolute Gasteiger partial charge is 0.403 e. The van der Waals surface area contributed by atoms with Crippen molar-refractivity contribution in [3.05, 3.63) is 36.7 Å². The minimum atomic E-state index is -0.393. The molecule has 20 heavy (non-hydrogen) atoms. The first-order chi connectivity index (χ1) is 9.27. The van der Waals surface area contributed by atoms with Crippen molar-refractivity contribution in [2.24, 2.45) is 11.6 Å². The Labute approximate surface area is 120 Å². The summed E-state index contributed by atoms with van der Waals surface area (Å²) in [6, 6.07) is 7.71. The molecule has 1 aromatic carbocycles. The van der Waals surface area contributed by atoms with E-state index in [1.54, 1.807) is 6.20 Å². The summed E-state index contributed by atoms with van der Waals surface area (Å²) in [6.45, 7) is 8.12. The molecule has 4 N–H and O–H groups in total. The number of nitrogens with two attached hydrogens (primary N) is 2. The van der Waals surface area contributed by atoms with Gasteiger partial charge >= 0.3 is 7.12 Å². The third-order valence-electron chi connectivity index (χ3n) is 3.94. The summed E-state index contributed by atoms with van der Waals surface area (Å²) in [5.74, 6) is 5.86. The number of rotatable bonds is 3. The van der Waals surface area contributed by atoms with Gasteiger partial charge in [-0.1, -0.05) is 12.1 Å². The lowest BCUT2D eigenvalue weighted by Crippen LogP contribution is -2.41. The Bertz CT molecular complexity index is 501. The Balaban J connectivity index is 2.25. The van der Waals surface area contributed by atoms with Gasteiger partial charge in [0, 0.05) is 12.4 Å². The molecule has 0 spiro atoms. The highest BCUT2D eigenvalue weighted by Crippen LogP contribution is 2.36. The van der Waals surface area contributed by atoms with Crippen molar-refractivity contribution in [3.63, 3.8) is 0 Å². The fourth-order valence-electron chi connectivity index (χ4n) is 1.99. The first-order valence-corrected chi connectivity index (χ1v) is 6.65. The van der Waals surface area contributed by atoms with E-state index in [0.29, 0.717) is 0 Å². The van der Waals surface area contributed by atoms with Gasteiger partial charge in [-0.2, -0.15) is 0 Å². The zero-order chi connectivity index (χ0) is 15.0. The quantitative estimate of drug-likeness (QED) is 0.491. The van der Waals surface area contributed by atoms with E-state index in [9.17, 15) is 0 Å². The van der Waals surface area contributed by atoms with Crippen LogP contribution in [0.15, 0.2) is 36.7 Å². The third-order valence-corrected chi connectivity index (χ3v) is 3.94. The van der Waals surface area contributed by atoms with E-state index >= 15 is 0 Å². The van der Waals surface area contributed by atoms with Gasteiger partial charge in [-0.3, -0.25) is 5.01 Å². The minimum Gasteiger partial charge on any atom is -0.403 e. The minimum absolute atomic E-state index is 0.354. The van der Waals surface area contributed by atoms with Crippen LogP contribution in [0.1, 0.15) is 27.7 Å². The van der Waals surface area contributed by atoms with Crippen molar-refractivity contribution in [3.8, 4) is 0 Å². The summed E-state index contributed by atoms with van der Waals surface area (Å²) in [4.78, 5) is 0. The van der Waals surface area contributed by atoms with Gasteiger partial charge in [0.15, 0.2) is 0 Å². The van der Waals surface area contributed by atoms with Crippen LogP contribution in [0.2, 0.25) is 0 Å². The van der Waals surface area contributed by atoms with Crippen LogP contribution in [0.5, 0.6) is 0 Å². The fourth-order valence-corrected chi connectivity index (χ4v) is 1.99. The maximum absolute atomic E-state index is 6.02. The van der Waals surface area contributed by atoms with Crippen molar-refractivity contribution in [2.75, 3.05) is 5.01 Å². The topological polar surface area (TPSA) is 73.7 Å². The van der Waals surface area contributed by atoms with Crippen LogP contribution in [0.25, 0.3) is 0 Å². The van der Waals surface area contributed by atoms with Crippen LogP contribution in [0.4, 0.5) is 5.69 Å². The molecule has 6 heteroatoms. The van der Waals surface area contributed by atoms with Gasteiger partial charge in [-0.05, 0) is 45.3 Å². The molecule has 2 rings (SSSR count). The SMILES string of the molecule is CC1(C)OB(c2cccc(N(N)/C=C\N)c2)OC1(C)C. The van der Waals surface area contributed by atoms with Crippen LogP contribution in [-0.2, 0) is 9.31 Å². The van der Waals surface area contributed by atoms with Crippen molar-refractivity contribution in [2.45, 2.75) is 38.9 Å². The first kappa shape index (κ1) is 14.9. The number of hydrogen-bond donors (Lipinski definition) is 2. The molecular weight excluding hydrogens is 253 g/mol. The summed E-state index contributed by atoms with van der Waals surface area (Å²) in [7, 11) is -0.393. The Kier molecular flexibility index (Phi) is 3.82. The second-order valence-corrected chi connectivity index (χ2v) is 5.93. The van der Waals surface area contributed by atoms with Crippen molar-refractivity contribution in [1.29, 1.82) is 0 Å². The number of nitrogens with zero attached hydrogens (tertiary/aromatic N) is 1. The molecule has 1 fully saturated rings. The molecule has 0 amide bonds. The van der Waals surface area contributed by atoms with E-state index in [1.807, 2.05) is 52.0 Å². The van der Waals surface area contributed by atoms with Gasteiger partial charge < -0.3 is 15.0 Å². The molecule has 0 aromatic heterocycles. The highest BCUT2D eigenvalue weighted by atomic mass is 16.7. The average Bonchev–Trinajstić information content (AvgIpc) is 2.59. The number of hydrogen-bond acceptors (Lipinski definition) is 5. The molecule has 1 aliphatic rings. The Morgan fingerprint density at radius 2 is 1.75 bits per heavy atom. The Morgan fingerprint density at radius 3 is 2.30 bits per heavy atom. The number of anilines is 1. The fraction of sp³-hybridized carbons (Fsp3) is 0.429. The molecule has 1 aliphatic heterocycles. The summed E-state index contributed by atoms with van der Waals surface area (Å²) in [5, 5.41) is 1.45.